The first-order valence-electron chi connectivity index (χ1n) is 29.8. The molecule has 1 fully saturated rings. The van der Waals surface area contributed by atoms with Gasteiger partial charge in [0.2, 0.25) is 5.91 Å². The van der Waals surface area contributed by atoms with Crippen LogP contribution >= 0.6 is 19.4 Å². The minimum atomic E-state index is -5.25. The Balaban J connectivity index is 1.24. The van der Waals surface area contributed by atoms with E-state index in [1.165, 1.54) is 45.0 Å². The van der Waals surface area contributed by atoms with Crippen molar-refractivity contribution >= 4 is 69.1 Å². The van der Waals surface area contributed by atoms with Gasteiger partial charge < -0.3 is 19.1 Å². The normalized spacial score (nSPS) is 16.7. The third-order valence-corrected chi connectivity index (χ3v) is 20.1. The van der Waals surface area contributed by atoms with Crippen molar-refractivity contribution < 1.29 is 98.3 Å². The smallest absolute Gasteiger partial charge is 0.530 e. The molecule has 2 aliphatic carbocycles. The Morgan fingerprint density at radius 3 is 2.11 bits per heavy atom. The van der Waals surface area contributed by atoms with Gasteiger partial charge in [0, 0.05) is 63.6 Å². The molecule has 2 unspecified atom stereocenters. The SMILES string of the molecule is Cc1cc(CC(=O)OC(C)(C)C)c(C(C)CC(=O)CN(Cc2nn(CC(F)(F)F)c3c(-c4ccc(C#CC(C)(C)S(C)(=O)=O)nc4[C@H](Cc4cc(F)cc(F)c4)NC(=O)Cn4nc(C(F)(F)F)c5c4C(F)(F)[C@@H]4C[C@H]54)ccc(Cl)c23)S(=O)[O-])c(OP(=O)(OC(C)C)OC(C)C)c1. The molecule has 8 rings (SSSR count). The van der Waals surface area contributed by atoms with E-state index in [9.17, 15) is 62.5 Å². The summed E-state index contributed by atoms with van der Waals surface area (Å²) >= 11 is 3.48. The number of Topliss-reactive ketones (excluding diaryl/α,β-unsaturated/α-hetero) is 1. The van der Waals surface area contributed by atoms with Crippen LogP contribution < -0.4 is 9.84 Å². The summed E-state index contributed by atoms with van der Waals surface area (Å²) in [5.41, 5.74) is -6.18. The molecular weight excluding hydrogens is 1370 g/mol. The molecule has 3 aromatic carbocycles. The fraction of sp³-hybridized carbons (Fsp3) is 0.492. The number of esters is 1. The Labute approximate surface area is 554 Å². The summed E-state index contributed by atoms with van der Waals surface area (Å²) in [6.45, 7) is 11.7. The number of amides is 1. The standard InChI is InChI=1S/C63H69ClF10N7O12PS2/c1-32(2)91-94(85,92-33(3)4)93-49-20-34(5)19-37(25-51(84)90-59(7,8)9)52(49)35(6)21-41(82)28-79(95(86)87)29-48-54-46(64)16-15-43(56(54)81(77-48)31-61(67,68)69)42-14-13-40(17-18-60(10,11)96(12,88)89)75-55(42)47(24-36-22-38(65)26-39(66)23-36)76-50(83)30-80-58-53(57(78-80)63(72,73)74)44-27-45(44)62(58,70)71/h13-16,19-20,22-23,26,32-33,35,44-45,47H,21,24-25,27-31H2,1-12H3,(H,76,83)(H,86,87)/p-1/t35?,44-,45+,47-/m0/s1. The molecule has 1 saturated carbocycles. The highest BCUT2D eigenvalue weighted by atomic mass is 35.5. The Morgan fingerprint density at radius 2 is 1.54 bits per heavy atom. The lowest BCUT2D eigenvalue weighted by atomic mass is 9.88. The quantitative estimate of drug-likeness (QED) is 0.0184. The minimum absolute atomic E-state index is 0.119. The van der Waals surface area contributed by atoms with Crippen molar-refractivity contribution in [2.24, 2.45) is 5.92 Å². The number of carbonyl (C=O) groups is 3. The van der Waals surface area contributed by atoms with Crippen molar-refractivity contribution in [3.8, 4) is 28.7 Å². The number of pyridine rings is 1. The molecule has 3 heterocycles. The second-order valence-electron chi connectivity index (χ2n) is 25.7. The average Bonchev–Trinajstić information content (AvgIpc) is 1.52. The monoisotopic (exact) mass is 1430 g/mol. The summed E-state index contributed by atoms with van der Waals surface area (Å²) in [5, 5.41) is 9.39. The van der Waals surface area contributed by atoms with Crippen LogP contribution in [0.2, 0.25) is 5.02 Å². The molecule has 0 radical (unpaired) electrons. The van der Waals surface area contributed by atoms with Crippen molar-refractivity contribution in [3.05, 3.63) is 128 Å². The van der Waals surface area contributed by atoms with Gasteiger partial charge in [0.25, 0.3) is 5.92 Å². The largest absolute Gasteiger partial charge is 0.760 e. The van der Waals surface area contributed by atoms with Crippen LogP contribution in [0, 0.1) is 36.3 Å². The van der Waals surface area contributed by atoms with Crippen LogP contribution in [0.15, 0.2) is 54.6 Å². The van der Waals surface area contributed by atoms with E-state index in [1.807, 2.05) is 0 Å². The number of sulfone groups is 1. The predicted octanol–water partition coefficient (Wildman–Crippen LogP) is 13.2. The van der Waals surface area contributed by atoms with Crippen LogP contribution in [0.5, 0.6) is 5.75 Å². The molecule has 0 spiro atoms. The number of ketones is 1. The summed E-state index contributed by atoms with van der Waals surface area (Å²) < 4.78 is 238. The Morgan fingerprint density at radius 1 is 0.917 bits per heavy atom. The van der Waals surface area contributed by atoms with Gasteiger partial charge >= 0.3 is 26.1 Å². The lowest BCUT2D eigenvalue weighted by Gasteiger charge is -2.27. The van der Waals surface area contributed by atoms with Crippen molar-refractivity contribution in [2.75, 3.05) is 12.8 Å². The van der Waals surface area contributed by atoms with E-state index in [4.69, 9.17) is 29.9 Å². The number of phosphoric ester groups is 1. The van der Waals surface area contributed by atoms with Crippen LogP contribution in [0.1, 0.15) is 156 Å². The van der Waals surface area contributed by atoms with E-state index >= 15 is 17.6 Å². The number of aryl methyl sites for hydroxylation is 1. The van der Waals surface area contributed by atoms with Gasteiger partial charge in [-0.15, -0.1) is 0 Å². The van der Waals surface area contributed by atoms with Crippen molar-refractivity contribution in [3.63, 3.8) is 0 Å². The minimum Gasteiger partial charge on any atom is -0.760 e. The lowest BCUT2D eigenvalue weighted by molar-refractivity contribution is -0.154. The number of benzene rings is 3. The fourth-order valence-corrected chi connectivity index (χ4v) is 13.9. The number of fused-ring (bicyclic) bond motifs is 4. The second-order valence-corrected chi connectivity index (χ2v) is 31.2. The zero-order valence-electron chi connectivity index (χ0n) is 53.8. The van der Waals surface area contributed by atoms with Crippen LogP contribution in [-0.4, -0.2) is 105 Å². The highest BCUT2D eigenvalue weighted by Gasteiger charge is 2.68. The Bertz CT molecular complexity index is 4260. The molecule has 0 aliphatic heterocycles. The zero-order valence-corrected chi connectivity index (χ0v) is 57.1. The summed E-state index contributed by atoms with van der Waals surface area (Å²) in [4.78, 5) is 46.8. The molecule has 0 saturated heterocycles. The van der Waals surface area contributed by atoms with E-state index in [-0.39, 0.29) is 60.8 Å². The van der Waals surface area contributed by atoms with Gasteiger partial charge in [-0.05, 0) is 153 Å². The van der Waals surface area contributed by atoms with Gasteiger partial charge in [-0.3, -0.25) is 37.0 Å². The molecule has 96 heavy (non-hydrogen) atoms. The number of ether oxygens (including phenoxy) is 1. The third-order valence-electron chi connectivity index (χ3n) is 15.3. The molecule has 5 atom stereocenters. The fourth-order valence-electron chi connectivity index (χ4n) is 11.4. The van der Waals surface area contributed by atoms with Crippen molar-refractivity contribution in [1.82, 2.24) is 34.2 Å². The molecule has 2 aliphatic rings. The van der Waals surface area contributed by atoms with Gasteiger partial charge in [-0.2, -0.15) is 45.3 Å². The Hall–Kier alpha value is -6.78. The molecule has 19 nitrogen and oxygen atoms in total. The number of nitrogens with one attached hydrogen (secondary N) is 1. The van der Waals surface area contributed by atoms with Crippen molar-refractivity contribution in [2.45, 2.75) is 180 Å². The van der Waals surface area contributed by atoms with E-state index in [0.29, 0.717) is 20.6 Å². The number of carbonyl (C=O) groups excluding carboxylic acids is 3. The number of aromatic nitrogens is 5. The van der Waals surface area contributed by atoms with Crippen LogP contribution in [-0.2, 0) is 98.4 Å². The molecule has 522 valence electrons. The second kappa shape index (κ2) is 27.9. The summed E-state index contributed by atoms with van der Waals surface area (Å²) in [5.74, 6) is -7.72. The number of hydrogen-bond acceptors (Lipinski definition) is 15. The summed E-state index contributed by atoms with van der Waals surface area (Å²) in [7, 11) is -8.41. The maximum atomic E-state index is 15.8. The highest BCUT2D eigenvalue weighted by molar-refractivity contribution is 7.92. The Kier molecular flexibility index (Phi) is 21.8. The number of nitrogens with zero attached hydrogens (tertiary/aromatic N) is 6. The van der Waals surface area contributed by atoms with Gasteiger partial charge in [0.15, 0.2) is 15.5 Å². The number of hydrogen-bond donors (Lipinski definition) is 1. The molecule has 6 aromatic rings. The number of alkyl halides is 8. The predicted molar refractivity (Wildman–Crippen MR) is 332 cm³/mol. The van der Waals surface area contributed by atoms with Crippen LogP contribution in [0.4, 0.5) is 43.9 Å². The summed E-state index contributed by atoms with van der Waals surface area (Å²) in [6.07, 6.45) is -12.8. The molecule has 1 amide bonds. The van der Waals surface area contributed by atoms with Gasteiger partial charge in [-0.1, -0.05) is 36.6 Å². The maximum absolute atomic E-state index is 15.8. The third kappa shape index (κ3) is 17.7. The number of phosphoric acid groups is 1. The van der Waals surface area contributed by atoms with E-state index in [2.05, 4.69) is 32.3 Å². The maximum Gasteiger partial charge on any atom is 0.530 e. The first kappa shape index (κ1) is 75.0. The van der Waals surface area contributed by atoms with E-state index < -0.39 is 202 Å². The topological polar surface area (TPSA) is 243 Å². The molecule has 3 aromatic heterocycles. The van der Waals surface area contributed by atoms with Gasteiger partial charge in [0.1, 0.15) is 58.0 Å². The first-order chi connectivity index (χ1) is 44.1. The van der Waals surface area contributed by atoms with Crippen LogP contribution in [0.25, 0.3) is 22.0 Å². The van der Waals surface area contributed by atoms with E-state index in [0.717, 1.165) is 24.5 Å². The molecule has 33 heteroatoms. The van der Waals surface area contributed by atoms with Gasteiger partial charge in [0.05, 0.1) is 59.7 Å². The zero-order chi connectivity index (χ0) is 71.5. The first-order valence-corrected chi connectivity index (χ1v) is 34.6. The number of halogens is 11. The summed E-state index contributed by atoms with van der Waals surface area (Å²) in [6, 6.07) is 8.08. The molecule has 0 bridgehead atoms. The molecular formula is C63H68ClF10N7O12PS2-. The van der Waals surface area contributed by atoms with Crippen LogP contribution in [0.3, 0.4) is 0 Å². The highest BCUT2D eigenvalue weighted by Crippen LogP contribution is 2.68. The lowest BCUT2D eigenvalue weighted by Crippen LogP contribution is -2.35. The molecule has 1 N–H and O–H groups in total. The van der Waals surface area contributed by atoms with Gasteiger partial charge in [-0.25, -0.2) is 31.1 Å². The average molecular weight is 1440 g/mol. The van der Waals surface area contributed by atoms with Crippen molar-refractivity contribution in [1.29, 1.82) is 0 Å². The van der Waals surface area contributed by atoms with E-state index in [1.54, 1.807) is 61.5 Å². The number of rotatable bonds is 25.